The van der Waals surface area contributed by atoms with Crippen molar-refractivity contribution in [1.82, 2.24) is 0 Å². The predicted octanol–water partition coefficient (Wildman–Crippen LogP) is 5.00. The van der Waals surface area contributed by atoms with Crippen molar-refractivity contribution in [2.24, 2.45) is 5.14 Å². The van der Waals surface area contributed by atoms with Gasteiger partial charge in [0.2, 0.25) is 0 Å². The Labute approximate surface area is 142 Å². The van der Waals surface area contributed by atoms with Crippen LogP contribution < -0.4 is 14.8 Å². The monoisotopic (exact) mass is 338 g/mol. The van der Waals surface area contributed by atoms with Crippen LogP contribution in [0, 0.1) is 0 Å². The Morgan fingerprint density at radius 1 is 1.32 bits per heavy atom. The lowest BCUT2D eigenvalue weighted by molar-refractivity contribution is 0.308. The van der Waals surface area contributed by atoms with E-state index in [1.54, 1.807) is 0 Å². The first-order valence-corrected chi connectivity index (χ1v) is 10.2. The highest BCUT2D eigenvalue weighted by atomic mass is 32.2. The number of nitrogens with zero attached hydrogens (tertiary/aromatic N) is 1. The van der Waals surface area contributed by atoms with Gasteiger partial charge in [0, 0.05) is 10.9 Å². The standard InChI is InChI=1S/C17H26N2OS2/c1-2-3-11-20-14-9-10-15-16(12-14)21-17(22-18)19(15)13-7-5-4-6-8-13/h9-10,12-13,17H,2-8,11,18H2,1H3. The number of rotatable bonds is 6. The smallest absolute Gasteiger partial charge is 0.141 e. The maximum Gasteiger partial charge on any atom is 0.141 e. The Bertz CT molecular complexity index is 492. The summed E-state index contributed by atoms with van der Waals surface area (Å²) >= 11 is 3.34. The van der Waals surface area contributed by atoms with Gasteiger partial charge < -0.3 is 9.64 Å². The summed E-state index contributed by atoms with van der Waals surface area (Å²) in [5, 5.41) is 5.97. The molecular weight excluding hydrogens is 312 g/mol. The lowest BCUT2D eigenvalue weighted by Gasteiger charge is -2.36. The highest BCUT2D eigenvalue weighted by Gasteiger charge is 2.35. The summed E-state index contributed by atoms with van der Waals surface area (Å²) in [6, 6.07) is 7.19. The molecule has 122 valence electrons. The molecule has 1 unspecified atom stereocenters. The first-order valence-electron chi connectivity index (χ1n) is 8.41. The molecule has 22 heavy (non-hydrogen) atoms. The van der Waals surface area contributed by atoms with Crippen molar-refractivity contribution in [3.8, 4) is 5.75 Å². The van der Waals surface area contributed by atoms with Gasteiger partial charge in [-0.1, -0.05) is 44.4 Å². The van der Waals surface area contributed by atoms with E-state index in [0.717, 1.165) is 18.8 Å². The number of benzene rings is 1. The summed E-state index contributed by atoms with van der Waals surface area (Å²) in [6.07, 6.45) is 8.95. The molecule has 0 amide bonds. The molecule has 1 fully saturated rings. The van der Waals surface area contributed by atoms with E-state index in [1.807, 2.05) is 11.8 Å². The molecule has 1 heterocycles. The van der Waals surface area contributed by atoms with E-state index in [9.17, 15) is 0 Å². The molecule has 0 bridgehead atoms. The zero-order valence-corrected chi connectivity index (χ0v) is 14.9. The molecule has 1 aliphatic heterocycles. The second-order valence-electron chi connectivity index (χ2n) is 6.09. The van der Waals surface area contributed by atoms with Crippen LogP contribution in [0.2, 0.25) is 0 Å². The van der Waals surface area contributed by atoms with Crippen molar-refractivity contribution < 1.29 is 4.74 Å². The number of thioether (sulfide) groups is 1. The number of anilines is 1. The van der Waals surface area contributed by atoms with Crippen LogP contribution >= 0.6 is 23.7 Å². The molecule has 3 rings (SSSR count). The van der Waals surface area contributed by atoms with Crippen molar-refractivity contribution in [2.75, 3.05) is 11.5 Å². The summed E-state index contributed by atoms with van der Waals surface area (Å²) in [6.45, 7) is 2.99. The first kappa shape index (κ1) is 16.3. The average Bonchev–Trinajstić information content (AvgIpc) is 2.93. The molecule has 1 aromatic carbocycles. The van der Waals surface area contributed by atoms with Crippen LogP contribution in [0.1, 0.15) is 51.9 Å². The molecule has 0 saturated heterocycles. The molecule has 3 nitrogen and oxygen atoms in total. The maximum absolute atomic E-state index is 5.97. The molecular formula is C17H26N2OS2. The van der Waals surface area contributed by atoms with Gasteiger partial charge in [0.15, 0.2) is 0 Å². The van der Waals surface area contributed by atoms with Crippen LogP contribution in [0.5, 0.6) is 5.75 Å². The van der Waals surface area contributed by atoms with Gasteiger partial charge in [-0.15, -0.1) is 0 Å². The van der Waals surface area contributed by atoms with Crippen LogP contribution in [0.15, 0.2) is 23.1 Å². The second kappa shape index (κ2) is 7.84. The fourth-order valence-electron chi connectivity index (χ4n) is 3.33. The fraction of sp³-hybridized carbons (Fsp3) is 0.647. The Morgan fingerprint density at radius 3 is 2.86 bits per heavy atom. The molecule has 0 spiro atoms. The maximum atomic E-state index is 5.97. The van der Waals surface area contributed by atoms with Crippen molar-refractivity contribution in [3.63, 3.8) is 0 Å². The minimum Gasteiger partial charge on any atom is -0.494 e. The third-order valence-electron chi connectivity index (χ3n) is 4.52. The molecule has 2 N–H and O–H groups in total. The van der Waals surface area contributed by atoms with Crippen molar-refractivity contribution >= 4 is 29.4 Å². The molecule has 1 aromatic rings. The highest BCUT2D eigenvalue weighted by molar-refractivity contribution is 8.16. The van der Waals surface area contributed by atoms with E-state index in [-0.39, 0.29) is 0 Å². The van der Waals surface area contributed by atoms with Gasteiger partial charge in [0.25, 0.3) is 0 Å². The van der Waals surface area contributed by atoms with E-state index in [4.69, 9.17) is 9.88 Å². The lowest BCUT2D eigenvalue weighted by Crippen LogP contribution is -2.39. The van der Waals surface area contributed by atoms with Crippen LogP contribution in [0.3, 0.4) is 0 Å². The van der Waals surface area contributed by atoms with Gasteiger partial charge in [0.05, 0.1) is 12.3 Å². The molecule has 1 aliphatic carbocycles. The summed E-state index contributed by atoms with van der Waals surface area (Å²) in [7, 11) is 0. The van der Waals surface area contributed by atoms with Gasteiger partial charge in [-0.25, -0.2) is 0 Å². The van der Waals surface area contributed by atoms with E-state index in [2.05, 4.69) is 30.0 Å². The third kappa shape index (κ3) is 3.52. The third-order valence-corrected chi connectivity index (χ3v) is 6.61. The summed E-state index contributed by atoms with van der Waals surface area (Å²) < 4.78 is 6.16. The summed E-state index contributed by atoms with van der Waals surface area (Å²) in [5.41, 5.74) is 1.35. The SMILES string of the molecule is CCCCOc1ccc2c(c1)SC(SN)N2C1CCCCC1. The number of unbranched alkanes of at least 4 members (excludes halogenated alkanes) is 1. The van der Waals surface area contributed by atoms with Crippen LogP contribution in [0.4, 0.5) is 5.69 Å². The number of hydrogen-bond acceptors (Lipinski definition) is 5. The van der Waals surface area contributed by atoms with Crippen LogP contribution in [-0.4, -0.2) is 17.4 Å². The predicted molar refractivity (Wildman–Crippen MR) is 97.6 cm³/mol. The lowest BCUT2D eigenvalue weighted by atomic mass is 9.94. The summed E-state index contributed by atoms with van der Waals surface area (Å²) in [4.78, 5) is 3.88. The molecule has 2 aliphatic rings. The van der Waals surface area contributed by atoms with Crippen molar-refractivity contribution in [1.29, 1.82) is 0 Å². The topological polar surface area (TPSA) is 38.5 Å². The molecule has 5 heteroatoms. The Balaban J connectivity index is 1.76. The Morgan fingerprint density at radius 2 is 2.14 bits per heavy atom. The largest absolute Gasteiger partial charge is 0.494 e. The quantitative estimate of drug-likeness (QED) is 0.583. The van der Waals surface area contributed by atoms with E-state index >= 15 is 0 Å². The second-order valence-corrected chi connectivity index (χ2v) is 8.23. The van der Waals surface area contributed by atoms with E-state index < -0.39 is 0 Å². The van der Waals surface area contributed by atoms with Gasteiger partial charge >= 0.3 is 0 Å². The number of fused-ring (bicyclic) bond motifs is 1. The Kier molecular flexibility index (Phi) is 5.83. The zero-order valence-electron chi connectivity index (χ0n) is 13.3. The van der Waals surface area contributed by atoms with E-state index in [0.29, 0.717) is 10.7 Å². The van der Waals surface area contributed by atoms with Crippen LogP contribution in [0.25, 0.3) is 0 Å². The molecule has 0 aromatic heterocycles. The minimum atomic E-state index is 0.309. The Hall–Kier alpha value is -0.520. The van der Waals surface area contributed by atoms with Crippen molar-refractivity contribution in [3.05, 3.63) is 18.2 Å². The van der Waals surface area contributed by atoms with E-state index in [1.165, 1.54) is 61.1 Å². The van der Waals surface area contributed by atoms with Crippen LogP contribution in [-0.2, 0) is 0 Å². The van der Waals surface area contributed by atoms with Crippen molar-refractivity contribution in [2.45, 2.75) is 67.5 Å². The number of ether oxygens (including phenoxy) is 1. The molecule has 1 saturated carbocycles. The number of nitrogens with two attached hydrogens (primary N) is 1. The van der Waals surface area contributed by atoms with Gasteiger partial charge in [-0.2, -0.15) is 0 Å². The minimum absolute atomic E-state index is 0.309. The normalized spacial score (nSPS) is 21.9. The first-order chi connectivity index (χ1) is 10.8. The van der Waals surface area contributed by atoms with Gasteiger partial charge in [0.1, 0.15) is 10.5 Å². The molecule has 0 radical (unpaired) electrons. The summed E-state index contributed by atoms with van der Waals surface area (Å²) in [5.74, 6) is 0.992. The van der Waals surface area contributed by atoms with Gasteiger partial charge in [-0.3, -0.25) is 5.14 Å². The zero-order chi connectivity index (χ0) is 15.4. The molecule has 1 atom stereocenters. The highest BCUT2D eigenvalue weighted by Crippen LogP contribution is 2.50. The number of hydrogen-bond donors (Lipinski definition) is 1. The van der Waals surface area contributed by atoms with Gasteiger partial charge in [-0.05, 0) is 49.4 Å². The average molecular weight is 339 g/mol. The fourth-order valence-corrected chi connectivity index (χ4v) is 5.37.